The zero-order chi connectivity index (χ0) is 19.8. The van der Waals surface area contributed by atoms with Gasteiger partial charge in [-0.25, -0.2) is 5.48 Å². The largest absolute Gasteiger partial charge is 0.497 e. The number of rotatable bonds is 9. The van der Waals surface area contributed by atoms with E-state index < -0.39 is 0 Å². The summed E-state index contributed by atoms with van der Waals surface area (Å²) in [6.07, 6.45) is 0.842. The van der Waals surface area contributed by atoms with Gasteiger partial charge >= 0.3 is 0 Å². The summed E-state index contributed by atoms with van der Waals surface area (Å²) < 4.78 is 15.3. The fourth-order valence-electron chi connectivity index (χ4n) is 2.47. The molecule has 3 aromatic rings. The van der Waals surface area contributed by atoms with Crippen molar-refractivity contribution >= 4 is 17.4 Å². The third-order valence-electron chi connectivity index (χ3n) is 3.77. The Morgan fingerprint density at radius 3 is 2.68 bits per heavy atom. The Labute approximate surface area is 167 Å². The molecule has 0 aliphatic carbocycles. The van der Waals surface area contributed by atoms with Crippen molar-refractivity contribution in [2.24, 2.45) is 0 Å². The highest BCUT2D eigenvalue weighted by Gasteiger charge is 2.09. The van der Waals surface area contributed by atoms with E-state index in [-0.39, 0.29) is 12.3 Å². The van der Waals surface area contributed by atoms with Crippen LogP contribution in [0.15, 0.2) is 48.5 Å². The number of nitrogens with zero attached hydrogens (tertiary/aromatic N) is 2. The second kappa shape index (κ2) is 9.82. The molecule has 0 radical (unpaired) electrons. The van der Waals surface area contributed by atoms with Gasteiger partial charge in [-0.3, -0.25) is 9.63 Å². The van der Waals surface area contributed by atoms with Crippen LogP contribution in [0.4, 0.5) is 0 Å². The fraction of sp³-hybridized carbons (Fsp3) is 0.250. The molecule has 0 fully saturated rings. The van der Waals surface area contributed by atoms with E-state index in [0.717, 1.165) is 16.9 Å². The molecule has 0 saturated heterocycles. The molecule has 0 atom stereocenters. The summed E-state index contributed by atoms with van der Waals surface area (Å²) in [5, 5.41) is 0.472. The first-order valence-electron chi connectivity index (χ1n) is 8.79. The molecule has 0 saturated carbocycles. The Kier molecular flexibility index (Phi) is 6.94. The van der Waals surface area contributed by atoms with Crippen LogP contribution in [-0.4, -0.2) is 29.0 Å². The molecule has 1 heterocycles. The summed E-state index contributed by atoms with van der Waals surface area (Å²) in [5.41, 5.74) is 4.30. The first kappa shape index (κ1) is 19.8. The number of nitrogens with one attached hydrogen (secondary N) is 1. The van der Waals surface area contributed by atoms with Gasteiger partial charge in [0.1, 0.15) is 11.5 Å². The van der Waals surface area contributed by atoms with Gasteiger partial charge in [0.2, 0.25) is 5.91 Å². The van der Waals surface area contributed by atoms with Crippen LogP contribution in [0.25, 0.3) is 0 Å². The van der Waals surface area contributed by atoms with Crippen LogP contribution in [0.3, 0.4) is 0 Å². The molecule has 146 valence electrons. The van der Waals surface area contributed by atoms with E-state index in [1.165, 1.54) is 11.5 Å². The maximum atomic E-state index is 11.6. The van der Waals surface area contributed by atoms with Crippen molar-refractivity contribution in [1.82, 2.24) is 14.8 Å². The number of amides is 1. The van der Waals surface area contributed by atoms with Gasteiger partial charge in [0.05, 0.1) is 20.1 Å². The SMILES string of the molecule is CCONC(=O)Cc1ccc(Oc2nc(Cc3cccc(OC)c3)ns2)cc1. The number of aromatic nitrogens is 2. The minimum absolute atomic E-state index is 0.193. The van der Waals surface area contributed by atoms with Gasteiger partial charge in [-0.15, -0.1) is 0 Å². The summed E-state index contributed by atoms with van der Waals surface area (Å²) >= 11 is 1.20. The smallest absolute Gasteiger partial charge is 0.298 e. The lowest BCUT2D eigenvalue weighted by Gasteiger charge is -2.05. The molecular weight excluding hydrogens is 378 g/mol. The van der Waals surface area contributed by atoms with E-state index in [9.17, 15) is 4.79 Å². The molecule has 28 heavy (non-hydrogen) atoms. The summed E-state index contributed by atoms with van der Waals surface area (Å²) in [7, 11) is 1.64. The Balaban J connectivity index is 1.56. The highest BCUT2D eigenvalue weighted by Crippen LogP contribution is 2.25. The van der Waals surface area contributed by atoms with Crippen LogP contribution in [-0.2, 0) is 22.5 Å². The molecule has 1 aromatic heterocycles. The van der Waals surface area contributed by atoms with Crippen molar-refractivity contribution in [2.45, 2.75) is 19.8 Å². The first-order valence-corrected chi connectivity index (χ1v) is 9.56. The van der Waals surface area contributed by atoms with E-state index in [2.05, 4.69) is 14.8 Å². The molecule has 7 nitrogen and oxygen atoms in total. The molecule has 2 aromatic carbocycles. The van der Waals surface area contributed by atoms with Gasteiger partial charge in [-0.1, -0.05) is 24.3 Å². The molecule has 3 rings (SSSR count). The quantitative estimate of drug-likeness (QED) is 0.554. The Morgan fingerprint density at radius 1 is 1.11 bits per heavy atom. The van der Waals surface area contributed by atoms with Gasteiger partial charge in [-0.05, 0) is 42.3 Å². The average molecular weight is 399 g/mol. The highest BCUT2D eigenvalue weighted by atomic mass is 32.1. The minimum Gasteiger partial charge on any atom is -0.497 e. The number of hydrogen-bond acceptors (Lipinski definition) is 7. The van der Waals surface area contributed by atoms with Crippen molar-refractivity contribution in [3.05, 3.63) is 65.5 Å². The number of carbonyl (C=O) groups excluding carboxylic acids is 1. The van der Waals surface area contributed by atoms with Gasteiger partial charge in [0.25, 0.3) is 5.19 Å². The molecular formula is C20H21N3O4S. The van der Waals surface area contributed by atoms with E-state index >= 15 is 0 Å². The zero-order valence-electron chi connectivity index (χ0n) is 15.7. The van der Waals surface area contributed by atoms with Crippen molar-refractivity contribution in [3.63, 3.8) is 0 Å². The van der Waals surface area contributed by atoms with E-state index in [4.69, 9.17) is 14.3 Å². The van der Waals surface area contributed by atoms with Crippen LogP contribution >= 0.6 is 11.5 Å². The van der Waals surface area contributed by atoms with Crippen molar-refractivity contribution in [3.8, 4) is 16.7 Å². The second-order valence-electron chi connectivity index (χ2n) is 5.89. The summed E-state index contributed by atoms with van der Waals surface area (Å²) in [6.45, 7) is 2.24. The highest BCUT2D eigenvalue weighted by molar-refractivity contribution is 7.07. The molecule has 0 bridgehead atoms. The van der Waals surface area contributed by atoms with Gasteiger partial charge < -0.3 is 9.47 Å². The first-order chi connectivity index (χ1) is 13.7. The maximum absolute atomic E-state index is 11.6. The number of methoxy groups -OCH3 is 1. The average Bonchev–Trinajstić information content (AvgIpc) is 3.14. The summed E-state index contributed by atoms with van der Waals surface area (Å²) in [6, 6.07) is 15.1. The second-order valence-corrected chi connectivity index (χ2v) is 6.60. The Hall–Kier alpha value is -2.97. The number of carbonyl (C=O) groups is 1. The number of hydrogen-bond donors (Lipinski definition) is 1. The van der Waals surface area contributed by atoms with Gasteiger partial charge in [0, 0.05) is 18.0 Å². The molecule has 0 aliphatic rings. The van der Waals surface area contributed by atoms with Gasteiger partial charge in [-0.2, -0.15) is 9.36 Å². The Morgan fingerprint density at radius 2 is 1.93 bits per heavy atom. The van der Waals surface area contributed by atoms with Crippen LogP contribution < -0.4 is 15.0 Å². The fourth-order valence-corrected chi connectivity index (χ4v) is 3.04. The van der Waals surface area contributed by atoms with Crippen LogP contribution in [0, 0.1) is 0 Å². The van der Waals surface area contributed by atoms with E-state index in [1.807, 2.05) is 43.3 Å². The zero-order valence-corrected chi connectivity index (χ0v) is 16.5. The number of ether oxygens (including phenoxy) is 2. The monoisotopic (exact) mass is 399 g/mol. The molecule has 0 unspecified atom stereocenters. The topological polar surface area (TPSA) is 82.6 Å². The minimum atomic E-state index is -0.193. The standard InChI is InChI=1S/C20H21N3O4S/c1-3-26-22-19(24)13-14-7-9-16(10-8-14)27-20-21-18(23-28-20)12-15-5-4-6-17(11-15)25-2/h4-11H,3,12-13H2,1-2H3,(H,22,24). The van der Waals surface area contributed by atoms with Crippen molar-refractivity contribution in [2.75, 3.05) is 13.7 Å². The lowest BCUT2D eigenvalue weighted by molar-refractivity contribution is -0.132. The molecule has 8 heteroatoms. The molecule has 1 N–H and O–H groups in total. The lowest BCUT2D eigenvalue weighted by atomic mass is 10.1. The molecule has 1 amide bonds. The summed E-state index contributed by atoms with van der Waals surface area (Å²) in [4.78, 5) is 21.0. The normalized spacial score (nSPS) is 10.5. The predicted molar refractivity (Wildman–Crippen MR) is 106 cm³/mol. The van der Waals surface area contributed by atoms with Gasteiger partial charge in [0.15, 0.2) is 5.82 Å². The predicted octanol–water partition coefficient (Wildman–Crippen LogP) is 3.54. The van der Waals surface area contributed by atoms with Crippen LogP contribution in [0.2, 0.25) is 0 Å². The number of hydroxylamine groups is 1. The van der Waals surface area contributed by atoms with Crippen LogP contribution in [0.5, 0.6) is 16.7 Å². The molecule has 0 spiro atoms. The number of benzene rings is 2. The third-order valence-corrected chi connectivity index (χ3v) is 4.40. The Bertz CT molecular complexity index is 912. The van der Waals surface area contributed by atoms with E-state index in [0.29, 0.717) is 29.8 Å². The maximum Gasteiger partial charge on any atom is 0.298 e. The lowest BCUT2D eigenvalue weighted by Crippen LogP contribution is -2.25. The van der Waals surface area contributed by atoms with Crippen molar-refractivity contribution < 1.29 is 19.1 Å². The van der Waals surface area contributed by atoms with Crippen LogP contribution in [0.1, 0.15) is 23.9 Å². The molecule has 0 aliphatic heterocycles. The van der Waals surface area contributed by atoms with Crippen molar-refractivity contribution in [1.29, 1.82) is 0 Å². The van der Waals surface area contributed by atoms with E-state index in [1.54, 1.807) is 19.2 Å². The third kappa shape index (κ3) is 5.77. The summed E-state index contributed by atoms with van der Waals surface area (Å²) in [5.74, 6) is 1.94.